The maximum absolute atomic E-state index is 10.6. The van der Waals surface area contributed by atoms with Gasteiger partial charge in [-0.1, -0.05) is 30.3 Å². The molecule has 154 valence electrons. The summed E-state index contributed by atoms with van der Waals surface area (Å²) >= 11 is 1.58. The first-order chi connectivity index (χ1) is 13.6. The molecule has 0 saturated carbocycles. The SMILES string of the molecule is CCNC(=NCC(C)(O)c1ccsc1)NCCCCOCCc1ccccc1. The van der Waals surface area contributed by atoms with E-state index >= 15 is 0 Å². The van der Waals surface area contributed by atoms with Gasteiger partial charge in [-0.3, -0.25) is 0 Å². The summed E-state index contributed by atoms with van der Waals surface area (Å²) in [5.41, 5.74) is 1.27. The lowest BCUT2D eigenvalue weighted by atomic mass is 10.00. The van der Waals surface area contributed by atoms with Crippen molar-refractivity contribution in [1.82, 2.24) is 10.6 Å². The molecule has 0 saturated heterocycles. The smallest absolute Gasteiger partial charge is 0.191 e. The van der Waals surface area contributed by atoms with Crippen LogP contribution in [-0.4, -0.2) is 43.9 Å². The molecule has 0 bridgehead atoms. The average molecular weight is 404 g/mol. The molecule has 1 heterocycles. The topological polar surface area (TPSA) is 65.9 Å². The minimum Gasteiger partial charge on any atom is -0.383 e. The van der Waals surface area contributed by atoms with E-state index in [2.05, 4.69) is 39.9 Å². The fourth-order valence-electron chi connectivity index (χ4n) is 2.71. The van der Waals surface area contributed by atoms with Gasteiger partial charge < -0.3 is 20.5 Å². The number of unbranched alkanes of at least 4 members (excludes halogenated alkanes) is 1. The molecule has 0 amide bonds. The number of aliphatic hydroxyl groups is 1. The van der Waals surface area contributed by atoms with Crippen molar-refractivity contribution in [2.75, 3.05) is 32.8 Å². The normalized spacial score (nSPS) is 13.9. The predicted octanol–water partition coefficient (Wildman–Crippen LogP) is 3.55. The molecule has 6 heteroatoms. The summed E-state index contributed by atoms with van der Waals surface area (Å²) in [6.07, 6.45) is 2.98. The summed E-state index contributed by atoms with van der Waals surface area (Å²) in [5, 5.41) is 21.1. The summed E-state index contributed by atoms with van der Waals surface area (Å²) < 4.78 is 5.72. The number of aliphatic imine (C=N–C) groups is 1. The van der Waals surface area contributed by atoms with Crippen molar-refractivity contribution in [3.8, 4) is 0 Å². The highest BCUT2D eigenvalue weighted by atomic mass is 32.1. The van der Waals surface area contributed by atoms with Gasteiger partial charge in [-0.25, -0.2) is 4.99 Å². The quantitative estimate of drug-likeness (QED) is 0.288. The van der Waals surface area contributed by atoms with Crippen LogP contribution in [0.4, 0.5) is 0 Å². The Hall–Kier alpha value is -1.89. The molecule has 2 aromatic rings. The van der Waals surface area contributed by atoms with Crippen LogP contribution >= 0.6 is 11.3 Å². The summed E-state index contributed by atoms with van der Waals surface area (Å²) in [5.74, 6) is 0.739. The third kappa shape index (κ3) is 8.42. The molecular formula is C22H33N3O2S. The number of guanidine groups is 1. The third-order valence-electron chi connectivity index (χ3n) is 4.42. The molecule has 0 radical (unpaired) electrons. The molecular weight excluding hydrogens is 370 g/mol. The minimum absolute atomic E-state index is 0.321. The Bertz CT molecular complexity index is 672. The Balaban J connectivity index is 1.60. The van der Waals surface area contributed by atoms with Gasteiger partial charge in [0.2, 0.25) is 0 Å². The van der Waals surface area contributed by atoms with Gasteiger partial charge in [-0.15, -0.1) is 0 Å². The van der Waals surface area contributed by atoms with Gasteiger partial charge in [0, 0.05) is 19.7 Å². The lowest BCUT2D eigenvalue weighted by molar-refractivity contribution is 0.0677. The second kappa shape index (κ2) is 12.5. The molecule has 0 fully saturated rings. The van der Waals surface area contributed by atoms with Gasteiger partial charge in [-0.2, -0.15) is 11.3 Å². The van der Waals surface area contributed by atoms with Crippen LogP contribution in [0, 0.1) is 0 Å². The summed E-state index contributed by atoms with van der Waals surface area (Å²) in [6.45, 7) is 7.31. The van der Waals surface area contributed by atoms with Gasteiger partial charge in [0.15, 0.2) is 5.96 Å². The van der Waals surface area contributed by atoms with E-state index in [0.717, 1.165) is 57.1 Å². The van der Waals surface area contributed by atoms with E-state index in [1.807, 2.05) is 29.8 Å². The van der Waals surface area contributed by atoms with Crippen LogP contribution < -0.4 is 10.6 Å². The zero-order valence-corrected chi connectivity index (χ0v) is 17.8. The van der Waals surface area contributed by atoms with Gasteiger partial charge in [0.05, 0.1) is 13.2 Å². The van der Waals surface area contributed by atoms with E-state index < -0.39 is 5.60 Å². The number of nitrogens with one attached hydrogen (secondary N) is 2. The predicted molar refractivity (Wildman–Crippen MR) is 118 cm³/mol. The van der Waals surface area contributed by atoms with Gasteiger partial charge in [-0.05, 0) is 61.1 Å². The minimum atomic E-state index is -0.949. The fourth-order valence-corrected chi connectivity index (χ4v) is 3.49. The molecule has 3 N–H and O–H groups in total. The second-order valence-electron chi connectivity index (χ2n) is 6.96. The number of rotatable bonds is 12. The third-order valence-corrected chi connectivity index (χ3v) is 5.10. The van der Waals surface area contributed by atoms with E-state index in [1.54, 1.807) is 18.3 Å². The number of hydrogen-bond donors (Lipinski definition) is 3. The van der Waals surface area contributed by atoms with Crippen LogP contribution in [0.15, 0.2) is 52.2 Å². The average Bonchev–Trinajstić information content (AvgIpc) is 3.25. The Morgan fingerprint density at radius 3 is 2.68 bits per heavy atom. The Morgan fingerprint density at radius 1 is 1.14 bits per heavy atom. The zero-order chi connectivity index (χ0) is 20.1. The van der Waals surface area contributed by atoms with E-state index in [-0.39, 0.29) is 0 Å². The molecule has 5 nitrogen and oxygen atoms in total. The summed E-state index contributed by atoms with van der Waals surface area (Å²) in [4.78, 5) is 4.54. The highest BCUT2D eigenvalue weighted by Gasteiger charge is 2.23. The van der Waals surface area contributed by atoms with E-state index in [4.69, 9.17) is 4.74 Å². The molecule has 1 unspecified atom stereocenters. The highest BCUT2D eigenvalue weighted by molar-refractivity contribution is 7.08. The molecule has 1 aromatic carbocycles. The molecule has 2 rings (SSSR count). The van der Waals surface area contributed by atoms with Gasteiger partial charge in [0.25, 0.3) is 0 Å². The van der Waals surface area contributed by atoms with Gasteiger partial charge >= 0.3 is 0 Å². The van der Waals surface area contributed by atoms with Crippen molar-refractivity contribution in [3.05, 3.63) is 58.3 Å². The van der Waals surface area contributed by atoms with Gasteiger partial charge in [0.1, 0.15) is 5.60 Å². The number of ether oxygens (including phenoxy) is 1. The van der Waals surface area contributed by atoms with Crippen LogP contribution in [0.1, 0.15) is 37.8 Å². The zero-order valence-electron chi connectivity index (χ0n) is 17.0. The van der Waals surface area contributed by atoms with E-state index in [0.29, 0.717) is 6.54 Å². The molecule has 0 aliphatic carbocycles. The molecule has 0 aliphatic rings. The van der Waals surface area contributed by atoms with E-state index in [9.17, 15) is 5.11 Å². The lowest BCUT2D eigenvalue weighted by Crippen LogP contribution is -2.39. The molecule has 28 heavy (non-hydrogen) atoms. The largest absolute Gasteiger partial charge is 0.383 e. The number of hydrogen-bond acceptors (Lipinski definition) is 4. The fraction of sp³-hybridized carbons (Fsp3) is 0.500. The first kappa shape index (κ1) is 22.4. The summed E-state index contributed by atoms with van der Waals surface area (Å²) in [7, 11) is 0. The maximum Gasteiger partial charge on any atom is 0.191 e. The maximum atomic E-state index is 10.6. The monoisotopic (exact) mass is 403 g/mol. The number of nitrogens with zero attached hydrogens (tertiary/aromatic N) is 1. The first-order valence-corrected chi connectivity index (χ1v) is 10.9. The standard InChI is InChI=1S/C22H33N3O2S/c1-3-23-21(25-18-22(2,26)20-12-16-28-17-20)24-13-7-8-14-27-15-11-19-9-5-4-6-10-19/h4-6,9-10,12,16-17,26H,3,7-8,11,13-15,18H2,1-2H3,(H2,23,24,25). The van der Waals surface area contributed by atoms with Crippen molar-refractivity contribution in [2.24, 2.45) is 4.99 Å². The second-order valence-corrected chi connectivity index (χ2v) is 7.74. The van der Waals surface area contributed by atoms with Crippen molar-refractivity contribution in [1.29, 1.82) is 0 Å². The Labute approximate surface area is 172 Å². The molecule has 0 spiro atoms. The molecule has 1 atom stereocenters. The van der Waals surface area contributed by atoms with Crippen molar-refractivity contribution in [2.45, 2.75) is 38.7 Å². The van der Waals surface area contributed by atoms with Crippen LogP contribution in [0.5, 0.6) is 0 Å². The first-order valence-electron chi connectivity index (χ1n) is 10.0. The summed E-state index contributed by atoms with van der Waals surface area (Å²) in [6, 6.07) is 12.4. The van der Waals surface area contributed by atoms with Crippen molar-refractivity contribution in [3.63, 3.8) is 0 Å². The van der Waals surface area contributed by atoms with Crippen LogP contribution in [0.2, 0.25) is 0 Å². The van der Waals surface area contributed by atoms with E-state index in [1.165, 1.54) is 5.56 Å². The van der Waals surface area contributed by atoms with Crippen molar-refractivity contribution >= 4 is 17.3 Å². The highest BCUT2D eigenvalue weighted by Crippen LogP contribution is 2.23. The molecule has 0 aliphatic heterocycles. The lowest BCUT2D eigenvalue weighted by Gasteiger charge is -2.21. The molecule has 1 aromatic heterocycles. The van der Waals surface area contributed by atoms with Crippen LogP contribution in [0.3, 0.4) is 0 Å². The Morgan fingerprint density at radius 2 is 1.96 bits per heavy atom. The van der Waals surface area contributed by atoms with Crippen molar-refractivity contribution < 1.29 is 9.84 Å². The Kier molecular flexibility index (Phi) is 10.0. The number of thiophene rings is 1. The number of benzene rings is 1. The van der Waals surface area contributed by atoms with Crippen LogP contribution in [-0.2, 0) is 16.8 Å². The van der Waals surface area contributed by atoms with Crippen LogP contribution in [0.25, 0.3) is 0 Å².